The van der Waals surface area contributed by atoms with Crippen LogP contribution in [0.3, 0.4) is 0 Å². The number of carbonyl (C=O) groups excluding carboxylic acids is 1. The van der Waals surface area contributed by atoms with Crippen LogP contribution in [0.2, 0.25) is 0 Å². The van der Waals surface area contributed by atoms with Crippen LogP contribution in [0.25, 0.3) is 21.9 Å². The molecule has 0 spiro atoms. The summed E-state index contributed by atoms with van der Waals surface area (Å²) in [5.41, 5.74) is 2.55. The molecule has 2 heterocycles. The third-order valence-electron chi connectivity index (χ3n) is 4.67. The molecule has 0 atom stereocenters. The lowest BCUT2D eigenvalue weighted by atomic mass is 10.2. The molecule has 0 saturated heterocycles. The molecule has 2 aromatic carbocycles. The zero-order valence-electron chi connectivity index (χ0n) is 16.8. The number of nitrogens with zero attached hydrogens (tertiary/aromatic N) is 2. The van der Waals surface area contributed by atoms with Crippen molar-refractivity contribution < 1.29 is 9.53 Å². The number of benzene rings is 2. The first-order chi connectivity index (χ1) is 14.6. The van der Waals surface area contributed by atoms with Gasteiger partial charge in [0.15, 0.2) is 5.16 Å². The Morgan fingerprint density at radius 2 is 1.93 bits per heavy atom. The van der Waals surface area contributed by atoms with E-state index in [4.69, 9.17) is 9.72 Å². The Balaban J connectivity index is 1.55. The van der Waals surface area contributed by atoms with Gasteiger partial charge in [0.25, 0.3) is 5.56 Å². The van der Waals surface area contributed by atoms with E-state index in [1.54, 1.807) is 16.7 Å². The average molecular weight is 423 g/mol. The van der Waals surface area contributed by atoms with E-state index in [2.05, 4.69) is 10.3 Å². The fraction of sp³-hybridized carbons (Fsp3) is 0.227. The Bertz CT molecular complexity index is 1260. The molecule has 0 aliphatic rings. The summed E-state index contributed by atoms with van der Waals surface area (Å²) in [4.78, 5) is 33.2. The summed E-state index contributed by atoms with van der Waals surface area (Å²) in [6.45, 7) is 4.88. The van der Waals surface area contributed by atoms with Gasteiger partial charge in [-0.05, 0) is 44.2 Å². The summed E-state index contributed by atoms with van der Waals surface area (Å²) < 4.78 is 7.00. The number of amides is 1. The number of anilines is 1. The molecule has 8 heteroatoms. The van der Waals surface area contributed by atoms with Gasteiger partial charge in [-0.2, -0.15) is 0 Å². The van der Waals surface area contributed by atoms with Crippen LogP contribution in [0.15, 0.2) is 58.5 Å². The molecule has 7 nitrogen and oxygen atoms in total. The Hall–Kier alpha value is -3.26. The van der Waals surface area contributed by atoms with Crippen LogP contribution in [0.1, 0.15) is 13.8 Å². The molecule has 2 aromatic heterocycles. The highest BCUT2D eigenvalue weighted by molar-refractivity contribution is 7.99. The highest BCUT2D eigenvalue weighted by atomic mass is 32.2. The summed E-state index contributed by atoms with van der Waals surface area (Å²) in [7, 11) is 0. The van der Waals surface area contributed by atoms with Gasteiger partial charge in [0.2, 0.25) is 5.91 Å². The largest absolute Gasteiger partial charge is 0.494 e. The van der Waals surface area contributed by atoms with E-state index in [-0.39, 0.29) is 17.2 Å². The van der Waals surface area contributed by atoms with Crippen molar-refractivity contribution in [1.29, 1.82) is 0 Å². The number of nitrogens with one attached hydrogen (secondary N) is 2. The Kier molecular flexibility index (Phi) is 5.76. The summed E-state index contributed by atoms with van der Waals surface area (Å²) in [6, 6.07) is 14.9. The lowest BCUT2D eigenvalue weighted by Gasteiger charge is -2.10. The average Bonchev–Trinajstić information content (AvgIpc) is 3.13. The van der Waals surface area contributed by atoms with Crippen molar-refractivity contribution in [2.75, 3.05) is 17.7 Å². The number of para-hydroxylation sites is 1. The standard InChI is InChI=1S/C22H22N4O3S/c1-3-26-21(28)20-19(16-7-5-6-8-17(16)24-20)25-22(26)30-13-18(27)23-14-9-11-15(12-10-14)29-4-2/h5-12,24H,3-4,13H2,1-2H3,(H,23,27). The van der Waals surface area contributed by atoms with E-state index in [0.717, 1.165) is 16.7 Å². The van der Waals surface area contributed by atoms with Crippen LogP contribution in [0.4, 0.5) is 5.69 Å². The number of aromatic amines is 1. The topological polar surface area (TPSA) is 89.0 Å². The first-order valence-electron chi connectivity index (χ1n) is 9.77. The van der Waals surface area contributed by atoms with Crippen molar-refractivity contribution in [3.63, 3.8) is 0 Å². The van der Waals surface area contributed by atoms with Crippen LogP contribution < -0.4 is 15.6 Å². The maximum atomic E-state index is 12.9. The van der Waals surface area contributed by atoms with Gasteiger partial charge in [-0.25, -0.2) is 4.98 Å². The van der Waals surface area contributed by atoms with Crippen LogP contribution in [-0.4, -0.2) is 32.8 Å². The SMILES string of the molecule is CCOc1ccc(NC(=O)CSc2nc3c([nH]c4ccccc43)c(=O)n2CC)cc1. The van der Waals surface area contributed by atoms with Crippen LogP contribution in [0.5, 0.6) is 5.75 Å². The minimum Gasteiger partial charge on any atom is -0.494 e. The highest BCUT2D eigenvalue weighted by Gasteiger charge is 2.16. The quantitative estimate of drug-likeness (QED) is 0.347. The molecule has 0 bridgehead atoms. The number of rotatable bonds is 7. The molecular weight excluding hydrogens is 400 g/mol. The van der Waals surface area contributed by atoms with Crippen molar-refractivity contribution in [3.8, 4) is 5.75 Å². The van der Waals surface area contributed by atoms with Gasteiger partial charge >= 0.3 is 0 Å². The minimum atomic E-state index is -0.167. The molecule has 154 valence electrons. The molecule has 30 heavy (non-hydrogen) atoms. The van der Waals surface area contributed by atoms with Gasteiger partial charge in [-0.15, -0.1) is 0 Å². The number of thioether (sulfide) groups is 1. The number of carbonyl (C=O) groups is 1. The van der Waals surface area contributed by atoms with Crippen LogP contribution in [-0.2, 0) is 11.3 Å². The van der Waals surface area contributed by atoms with Gasteiger partial charge in [0, 0.05) is 23.1 Å². The third-order valence-corrected chi connectivity index (χ3v) is 5.65. The zero-order chi connectivity index (χ0) is 21.1. The number of hydrogen-bond donors (Lipinski definition) is 2. The highest BCUT2D eigenvalue weighted by Crippen LogP contribution is 2.25. The Morgan fingerprint density at radius 3 is 2.67 bits per heavy atom. The smallest absolute Gasteiger partial charge is 0.278 e. The molecule has 0 unspecified atom stereocenters. The summed E-state index contributed by atoms with van der Waals surface area (Å²) in [5, 5.41) is 4.28. The Labute approximate surface area is 177 Å². The lowest BCUT2D eigenvalue weighted by Crippen LogP contribution is -2.23. The van der Waals surface area contributed by atoms with Gasteiger partial charge in [-0.1, -0.05) is 30.0 Å². The van der Waals surface area contributed by atoms with E-state index in [0.29, 0.717) is 35.0 Å². The normalized spacial score (nSPS) is 11.1. The maximum absolute atomic E-state index is 12.9. The van der Waals surface area contributed by atoms with E-state index in [9.17, 15) is 9.59 Å². The monoisotopic (exact) mass is 422 g/mol. The van der Waals surface area contributed by atoms with E-state index >= 15 is 0 Å². The first kappa shape index (κ1) is 20.0. The second-order valence-electron chi connectivity index (χ2n) is 6.63. The molecule has 1 amide bonds. The second-order valence-corrected chi connectivity index (χ2v) is 7.57. The molecule has 4 aromatic rings. The number of hydrogen-bond acceptors (Lipinski definition) is 5. The second kappa shape index (κ2) is 8.62. The first-order valence-corrected chi connectivity index (χ1v) is 10.8. The zero-order valence-corrected chi connectivity index (χ0v) is 17.6. The van der Waals surface area contributed by atoms with Crippen molar-refractivity contribution in [2.45, 2.75) is 25.5 Å². The van der Waals surface area contributed by atoms with Gasteiger partial charge < -0.3 is 15.0 Å². The molecule has 0 aliphatic carbocycles. The number of ether oxygens (including phenoxy) is 1. The van der Waals surface area contributed by atoms with Crippen molar-refractivity contribution >= 4 is 45.3 Å². The van der Waals surface area contributed by atoms with Crippen LogP contribution >= 0.6 is 11.8 Å². The molecule has 2 N–H and O–H groups in total. The molecule has 0 saturated carbocycles. The van der Waals surface area contributed by atoms with Crippen LogP contribution in [0, 0.1) is 0 Å². The van der Waals surface area contributed by atoms with E-state index < -0.39 is 0 Å². The van der Waals surface area contributed by atoms with E-state index in [1.165, 1.54) is 11.8 Å². The number of fused-ring (bicyclic) bond motifs is 3. The summed E-state index contributed by atoms with van der Waals surface area (Å²) in [6.07, 6.45) is 0. The van der Waals surface area contributed by atoms with Crippen molar-refractivity contribution in [3.05, 3.63) is 58.9 Å². The molecule has 0 aliphatic heterocycles. The Morgan fingerprint density at radius 1 is 1.17 bits per heavy atom. The summed E-state index contributed by atoms with van der Waals surface area (Å²) >= 11 is 1.25. The van der Waals surface area contributed by atoms with Gasteiger partial charge in [0.05, 0.1) is 12.4 Å². The van der Waals surface area contributed by atoms with Gasteiger partial charge in [0.1, 0.15) is 16.8 Å². The van der Waals surface area contributed by atoms with Gasteiger partial charge in [-0.3, -0.25) is 14.2 Å². The molecule has 4 rings (SSSR count). The lowest BCUT2D eigenvalue weighted by molar-refractivity contribution is -0.113. The maximum Gasteiger partial charge on any atom is 0.278 e. The number of aromatic nitrogens is 3. The van der Waals surface area contributed by atoms with E-state index in [1.807, 2.05) is 50.2 Å². The van der Waals surface area contributed by atoms with Crippen molar-refractivity contribution in [2.24, 2.45) is 0 Å². The predicted octanol–water partition coefficient (Wildman–Crippen LogP) is 4.03. The molecular formula is C22H22N4O3S. The minimum absolute atomic E-state index is 0.131. The number of H-pyrrole nitrogens is 1. The van der Waals surface area contributed by atoms with Crippen molar-refractivity contribution in [1.82, 2.24) is 14.5 Å². The molecule has 0 fully saturated rings. The fourth-order valence-corrected chi connectivity index (χ4v) is 4.15. The molecule has 0 radical (unpaired) electrons. The predicted molar refractivity (Wildman–Crippen MR) is 120 cm³/mol. The summed E-state index contributed by atoms with van der Waals surface area (Å²) in [5.74, 6) is 0.737. The fourth-order valence-electron chi connectivity index (χ4n) is 3.29. The third kappa shape index (κ3) is 3.91.